The summed E-state index contributed by atoms with van der Waals surface area (Å²) < 4.78 is 19.4. The minimum Gasteiger partial charge on any atom is -0.488 e. The van der Waals surface area contributed by atoms with E-state index in [9.17, 15) is 14.8 Å². The van der Waals surface area contributed by atoms with Crippen molar-refractivity contribution in [2.45, 2.75) is 20.1 Å². The highest BCUT2D eigenvalue weighted by molar-refractivity contribution is 5.88. The molecule has 0 fully saturated rings. The van der Waals surface area contributed by atoms with Crippen LogP contribution in [-0.4, -0.2) is 5.11 Å². The normalized spacial score (nSPS) is 15.0. The van der Waals surface area contributed by atoms with Gasteiger partial charge in [0.15, 0.2) is 0 Å². The first-order chi connectivity index (χ1) is 10.6. The molecule has 0 saturated carbocycles. The fourth-order valence-corrected chi connectivity index (χ4v) is 2.69. The second-order valence-corrected chi connectivity index (χ2v) is 5.19. The molecule has 1 N–H and O–H groups in total. The van der Waals surface area contributed by atoms with Crippen molar-refractivity contribution in [3.05, 3.63) is 70.0 Å². The van der Waals surface area contributed by atoms with E-state index in [0.717, 1.165) is 16.7 Å². The largest absolute Gasteiger partial charge is 0.488 e. The summed E-state index contributed by atoms with van der Waals surface area (Å²) in [6, 6.07) is 11.9. The fourth-order valence-electron chi connectivity index (χ4n) is 2.69. The molecular formula is C18H14FNO2. The lowest BCUT2D eigenvalue weighted by Gasteiger charge is -2.12. The van der Waals surface area contributed by atoms with E-state index in [4.69, 9.17) is 4.74 Å². The van der Waals surface area contributed by atoms with E-state index in [1.54, 1.807) is 19.1 Å². The van der Waals surface area contributed by atoms with E-state index in [1.165, 1.54) is 12.1 Å². The number of nitriles is 1. The van der Waals surface area contributed by atoms with Crippen LogP contribution < -0.4 is 4.74 Å². The topological polar surface area (TPSA) is 53.2 Å². The number of halogens is 1. The predicted molar refractivity (Wildman–Crippen MR) is 80.4 cm³/mol. The summed E-state index contributed by atoms with van der Waals surface area (Å²) in [6.45, 7) is 1.95. The van der Waals surface area contributed by atoms with E-state index in [1.807, 2.05) is 12.1 Å². The average Bonchev–Trinajstić information content (AvgIpc) is 2.69. The molecule has 22 heavy (non-hydrogen) atoms. The highest BCUT2D eigenvalue weighted by Gasteiger charge is 2.22. The zero-order valence-electron chi connectivity index (χ0n) is 12.1. The molecule has 0 spiro atoms. The van der Waals surface area contributed by atoms with Gasteiger partial charge in [-0.1, -0.05) is 12.1 Å². The minimum atomic E-state index is -0.374. The standard InChI is InChI=1S/C18H14FNO2/c1-11(8-20)18-15-4-2-12(9-21)6-13(15)10-22-17-5-3-14(19)7-16(17)18/h2-7,21H,9-10H2,1H3/b18-11+. The molecule has 0 aliphatic carbocycles. The van der Waals surface area contributed by atoms with Gasteiger partial charge in [0.1, 0.15) is 18.2 Å². The molecule has 1 aliphatic heterocycles. The lowest BCUT2D eigenvalue weighted by molar-refractivity contribution is 0.280. The number of allylic oxidation sites excluding steroid dienone is 1. The number of fused-ring (bicyclic) bond motifs is 2. The molecule has 4 heteroatoms. The Morgan fingerprint density at radius 3 is 2.82 bits per heavy atom. The van der Waals surface area contributed by atoms with Gasteiger partial charge >= 0.3 is 0 Å². The monoisotopic (exact) mass is 295 g/mol. The number of aliphatic hydroxyl groups excluding tert-OH is 1. The van der Waals surface area contributed by atoms with Gasteiger partial charge in [-0.3, -0.25) is 0 Å². The van der Waals surface area contributed by atoms with Gasteiger partial charge < -0.3 is 9.84 Å². The van der Waals surface area contributed by atoms with Crippen LogP contribution in [0.25, 0.3) is 5.57 Å². The number of benzene rings is 2. The van der Waals surface area contributed by atoms with Crippen LogP contribution in [-0.2, 0) is 13.2 Å². The van der Waals surface area contributed by atoms with Crippen molar-refractivity contribution in [3.63, 3.8) is 0 Å². The number of nitrogens with zero attached hydrogens (tertiary/aromatic N) is 1. The van der Waals surface area contributed by atoms with Crippen LogP contribution in [0.15, 0.2) is 42.0 Å². The molecule has 1 aliphatic rings. The van der Waals surface area contributed by atoms with Crippen molar-refractivity contribution in [3.8, 4) is 11.8 Å². The van der Waals surface area contributed by atoms with E-state index in [0.29, 0.717) is 29.1 Å². The third-order valence-electron chi connectivity index (χ3n) is 3.76. The van der Waals surface area contributed by atoms with Gasteiger partial charge in [-0.25, -0.2) is 4.39 Å². The molecule has 1 heterocycles. The highest BCUT2D eigenvalue weighted by Crippen LogP contribution is 2.39. The summed E-state index contributed by atoms with van der Waals surface area (Å²) in [6.07, 6.45) is 0. The Kier molecular flexibility index (Phi) is 3.66. The zero-order chi connectivity index (χ0) is 15.7. The van der Waals surface area contributed by atoms with E-state index < -0.39 is 0 Å². The Hall–Kier alpha value is -2.64. The van der Waals surface area contributed by atoms with Crippen LogP contribution in [0.3, 0.4) is 0 Å². The smallest absolute Gasteiger partial charge is 0.127 e. The molecule has 0 bridgehead atoms. The predicted octanol–water partition coefficient (Wildman–Crippen LogP) is 3.56. The van der Waals surface area contributed by atoms with Crippen LogP contribution in [0.4, 0.5) is 4.39 Å². The van der Waals surface area contributed by atoms with Crippen LogP contribution in [0.1, 0.15) is 29.2 Å². The Morgan fingerprint density at radius 1 is 1.27 bits per heavy atom. The summed E-state index contributed by atoms with van der Waals surface area (Å²) in [7, 11) is 0. The van der Waals surface area contributed by atoms with Crippen molar-refractivity contribution in [1.82, 2.24) is 0 Å². The van der Waals surface area contributed by atoms with Crippen LogP contribution in [0.5, 0.6) is 5.75 Å². The van der Waals surface area contributed by atoms with Crippen molar-refractivity contribution >= 4 is 5.57 Å². The minimum absolute atomic E-state index is 0.0643. The molecule has 0 saturated heterocycles. The lowest BCUT2D eigenvalue weighted by Crippen LogP contribution is -1.98. The first-order valence-electron chi connectivity index (χ1n) is 6.90. The number of hydrogen-bond donors (Lipinski definition) is 1. The molecule has 2 aromatic rings. The molecule has 0 aromatic heterocycles. The Balaban J connectivity index is 2.32. The first-order valence-corrected chi connectivity index (χ1v) is 6.90. The summed E-state index contributed by atoms with van der Waals surface area (Å²) in [5.74, 6) is 0.175. The molecule has 2 aromatic carbocycles. The number of hydrogen-bond acceptors (Lipinski definition) is 3. The number of aliphatic hydroxyl groups is 1. The lowest BCUT2D eigenvalue weighted by atomic mass is 9.90. The Labute approximate surface area is 127 Å². The molecule has 0 atom stereocenters. The van der Waals surface area contributed by atoms with Gasteiger partial charge in [-0.2, -0.15) is 5.26 Å². The Morgan fingerprint density at radius 2 is 2.09 bits per heavy atom. The fraction of sp³-hybridized carbons (Fsp3) is 0.167. The van der Waals surface area contributed by atoms with Crippen molar-refractivity contribution in [2.75, 3.05) is 0 Å². The maximum Gasteiger partial charge on any atom is 0.127 e. The van der Waals surface area contributed by atoms with Gasteiger partial charge in [0, 0.05) is 16.7 Å². The summed E-state index contributed by atoms with van der Waals surface area (Å²) >= 11 is 0. The summed E-state index contributed by atoms with van der Waals surface area (Å²) in [5.41, 5.74) is 4.22. The van der Waals surface area contributed by atoms with Crippen LogP contribution in [0, 0.1) is 17.1 Å². The van der Waals surface area contributed by atoms with Crippen LogP contribution in [0.2, 0.25) is 0 Å². The molecule has 0 amide bonds. The maximum absolute atomic E-state index is 13.7. The van der Waals surface area contributed by atoms with Gasteiger partial charge in [-0.05, 0) is 47.9 Å². The second-order valence-electron chi connectivity index (χ2n) is 5.19. The zero-order valence-corrected chi connectivity index (χ0v) is 12.1. The molecule has 0 unspecified atom stereocenters. The third-order valence-corrected chi connectivity index (χ3v) is 3.76. The maximum atomic E-state index is 13.7. The number of ether oxygens (including phenoxy) is 1. The molecule has 3 nitrogen and oxygen atoms in total. The van der Waals surface area contributed by atoms with E-state index in [2.05, 4.69) is 6.07 Å². The molecule has 3 rings (SSSR count). The van der Waals surface area contributed by atoms with Crippen molar-refractivity contribution in [2.24, 2.45) is 0 Å². The second kappa shape index (κ2) is 5.63. The van der Waals surface area contributed by atoms with Gasteiger partial charge in [0.05, 0.1) is 12.7 Å². The highest BCUT2D eigenvalue weighted by atomic mass is 19.1. The first kappa shape index (κ1) is 14.3. The van der Waals surface area contributed by atoms with Crippen molar-refractivity contribution < 1.29 is 14.2 Å². The Bertz CT molecular complexity index is 818. The molecule has 110 valence electrons. The van der Waals surface area contributed by atoms with Gasteiger partial charge in [-0.15, -0.1) is 0 Å². The summed E-state index contributed by atoms with van der Waals surface area (Å²) in [5, 5.41) is 18.6. The SMILES string of the molecule is C/C(C#N)=C1/c2ccc(CO)cc2COc2ccc(F)cc21. The van der Waals surface area contributed by atoms with Crippen molar-refractivity contribution in [1.29, 1.82) is 5.26 Å². The third kappa shape index (κ3) is 2.36. The quantitative estimate of drug-likeness (QED) is 0.818. The molecule has 0 radical (unpaired) electrons. The van der Waals surface area contributed by atoms with Crippen LogP contribution >= 0.6 is 0 Å². The van der Waals surface area contributed by atoms with E-state index in [-0.39, 0.29) is 12.4 Å². The van der Waals surface area contributed by atoms with Gasteiger partial charge in [0.25, 0.3) is 0 Å². The molecular weight excluding hydrogens is 281 g/mol. The van der Waals surface area contributed by atoms with Gasteiger partial charge in [0.2, 0.25) is 0 Å². The number of rotatable bonds is 1. The average molecular weight is 295 g/mol. The van der Waals surface area contributed by atoms with E-state index >= 15 is 0 Å². The summed E-state index contributed by atoms with van der Waals surface area (Å²) in [4.78, 5) is 0.